The number of aromatic nitrogens is 1. The number of nitrogens with zero attached hydrogens (tertiary/aromatic N) is 1. The largest absolute Gasteiger partial charge is 0.496 e. The van der Waals surface area contributed by atoms with Gasteiger partial charge < -0.3 is 4.74 Å². The summed E-state index contributed by atoms with van der Waals surface area (Å²) in [6.45, 7) is 0. The van der Waals surface area contributed by atoms with Crippen molar-refractivity contribution >= 4 is 5.78 Å². The van der Waals surface area contributed by atoms with Crippen molar-refractivity contribution in [3.05, 3.63) is 59.7 Å². The zero-order valence-electron chi connectivity index (χ0n) is 9.89. The molecule has 1 aromatic heterocycles. The summed E-state index contributed by atoms with van der Waals surface area (Å²) in [5, 5.41) is 0. The van der Waals surface area contributed by atoms with Gasteiger partial charge in [0.25, 0.3) is 0 Å². The normalized spacial score (nSPS) is 10.1. The van der Waals surface area contributed by atoms with Crippen molar-refractivity contribution in [1.82, 2.24) is 4.98 Å². The highest BCUT2D eigenvalue weighted by Gasteiger charge is 2.15. The summed E-state index contributed by atoms with van der Waals surface area (Å²) < 4.78 is 18.6. The summed E-state index contributed by atoms with van der Waals surface area (Å²) in [6.07, 6.45) is 1.47. The van der Waals surface area contributed by atoms with E-state index in [4.69, 9.17) is 4.74 Å². The number of hydrogen-bond acceptors (Lipinski definition) is 3. The van der Waals surface area contributed by atoms with E-state index in [1.807, 2.05) is 6.07 Å². The second kappa shape index (κ2) is 5.40. The molecule has 4 heteroatoms. The minimum absolute atomic E-state index is 0.0674. The van der Waals surface area contributed by atoms with Gasteiger partial charge in [-0.25, -0.2) is 4.39 Å². The van der Waals surface area contributed by atoms with Crippen LogP contribution in [0.15, 0.2) is 42.6 Å². The summed E-state index contributed by atoms with van der Waals surface area (Å²) in [5.74, 6) is -0.350. The summed E-state index contributed by atoms with van der Waals surface area (Å²) in [7, 11) is 1.53. The molecule has 0 atom stereocenters. The predicted molar refractivity (Wildman–Crippen MR) is 65.2 cm³/mol. The SMILES string of the molecule is COc1ccccc1CC(=O)c1ncccc1F. The molecular formula is C14H12FNO2. The maximum Gasteiger partial charge on any atom is 0.188 e. The molecule has 1 aromatic carbocycles. The predicted octanol–water partition coefficient (Wildman–Crippen LogP) is 2.65. The highest BCUT2D eigenvalue weighted by molar-refractivity contribution is 5.96. The number of Topliss-reactive ketones (excluding diaryl/α,β-unsaturated/α-hetero) is 1. The van der Waals surface area contributed by atoms with Crippen molar-refractivity contribution in [1.29, 1.82) is 0 Å². The number of pyridine rings is 1. The Morgan fingerprint density at radius 2 is 2.06 bits per heavy atom. The Bertz CT molecular complexity index is 569. The van der Waals surface area contributed by atoms with E-state index in [1.54, 1.807) is 18.2 Å². The van der Waals surface area contributed by atoms with Gasteiger partial charge in [0, 0.05) is 18.2 Å². The Morgan fingerprint density at radius 3 is 2.78 bits per heavy atom. The number of para-hydroxylation sites is 1. The van der Waals surface area contributed by atoms with Crippen LogP contribution in [-0.4, -0.2) is 17.9 Å². The Hall–Kier alpha value is -2.23. The van der Waals surface area contributed by atoms with Crippen LogP contribution in [0.25, 0.3) is 0 Å². The maximum atomic E-state index is 13.4. The maximum absolute atomic E-state index is 13.4. The lowest BCUT2D eigenvalue weighted by Gasteiger charge is -2.07. The molecule has 0 unspecified atom stereocenters. The van der Waals surface area contributed by atoms with Gasteiger partial charge in [-0.2, -0.15) is 0 Å². The van der Waals surface area contributed by atoms with E-state index in [9.17, 15) is 9.18 Å². The number of halogens is 1. The highest BCUT2D eigenvalue weighted by Crippen LogP contribution is 2.19. The van der Waals surface area contributed by atoms with E-state index in [2.05, 4.69) is 4.98 Å². The molecule has 0 bridgehead atoms. The van der Waals surface area contributed by atoms with E-state index >= 15 is 0 Å². The average Bonchev–Trinajstić information content (AvgIpc) is 2.39. The minimum atomic E-state index is -0.600. The third-order valence-electron chi connectivity index (χ3n) is 2.57. The number of rotatable bonds is 4. The third kappa shape index (κ3) is 2.53. The Kier molecular flexibility index (Phi) is 3.67. The van der Waals surface area contributed by atoms with Crippen LogP contribution in [0.1, 0.15) is 16.1 Å². The van der Waals surface area contributed by atoms with Crippen molar-refractivity contribution in [2.24, 2.45) is 0 Å². The average molecular weight is 245 g/mol. The number of ketones is 1. The summed E-state index contributed by atoms with van der Waals surface area (Å²) in [5.41, 5.74) is 0.582. The quantitative estimate of drug-likeness (QED) is 0.777. The fourth-order valence-electron chi connectivity index (χ4n) is 1.70. The molecule has 0 aliphatic heterocycles. The van der Waals surface area contributed by atoms with Gasteiger partial charge in [-0.05, 0) is 18.2 Å². The standard InChI is InChI=1S/C14H12FNO2/c1-18-13-7-3-2-5-10(13)9-12(17)14-11(15)6-4-8-16-14/h2-8H,9H2,1H3. The van der Waals surface area contributed by atoms with Gasteiger partial charge in [-0.1, -0.05) is 18.2 Å². The second-order valence-electron chi connectivity index (χ2n) is 3.75. The van der Waals surface area contributed by atoms with Crippen LogP contribution in [0, 0.1) is 5.82 Å². The number of ether oxygens (including phenoxy) is 1. The van der Waals surface area contributed by atoms with Gasteiger partial charge in [0.15, 0.2) is 11.6 Å². The van der Waals surface area contributed by atoms with Gasteiger partial charge in [-0.3, -0.25) is 9.78 Å². The molecule has 0 saturated heterocycles. The molecule has 1 heterocycles. The van der Waals surface area contributed by atoms with Crippen molar-refractivity contribution in [3.8, 4) is 5.75 Å². The molecule has 2 aromatic rings. The van der Waals surface area contributed by atoms with Crippen LogP contribution in [-0.2, 0) is 6.42 Å². The smallest absolute Gasteiger partial charge is 0.188 e. The van der Waals surface area contributed by atoms with Gasteiger partial charge in [0.1, 0.15) is 11.4 Å². The fraction of sp³-hybridized carbons (Fsp3) is 0.143. The molecule has 0 aliphatic carbocycles. The Morgan fingerprint density at radius 1 is 1.28 bits per heavy atom. The van der Waals surface area contributed by atoms with Crippen LogP contribution >= 0.6 is 0 Å². The number of carbonyl (C=O) groups is 1. The zero-order valence-corrected chi connectivity index (χ0v) is 9.89. The molecule has 0 spiro atoms. The number of hydrogen-bond donors (Lipinski definition) is 0. The van der Waals surface area contributed by atoms with Crippen LogP contribution in [0.2, 0.25) is 0 Å². The molecule has 0 fully saturated rings. The highest BCUT2D eigenvalue weighted by atomic mass is 19.1. The summed E-state index contributed by atoms with van der Waals surface area (Å²) >= 11 is 0. The van der Waals surface area contributed by atoms with E-state index in [-0.39, 0.29) is 17.9 Å². The molecule has 0 radical (unpaired) electrons. The van der Waals surface area contributed by atoms with Crippen LogP contribution in [0.4, 0.5) is 4.39 Å². The minimum Gasteiger partial charge on any atom is -0.496 e. The summed E-state index contributed by atoms with van der Waals surface area (Å²) in [4.78, 5) is 15.7. The summed E-state index contributed by atoms with van der Waals surface area (Å²) in [6, 6.07) is 9.83. The first-order valence-electron chi connectivity index (χ1n) is 5.48. The lowest BCUT2D eigenvalue weighted by atomic mass is 10.1. The van der Waals surface area contributed by atoms with Crippen molar-refractivity contribution < 1.29 is 13.9 Å². The third-order valence-corrected chi connectivity index (χ3v) is 2.57. The second-order valence-corrected chi connectivity index (χ2v) is 3.75. The van der Waals surface area contributed by atoms with Crippen molar-refractivity contribution in [2.45, 2.75) is 6.42 Å². The van der Waals surface area contributed by atoms with E-state index in [0.717, 1.165) is 5.56 Å². The molecular weight excluding hydrogens is 233 g/mol. The molecule has 0 aliphatic rings. The number of carbonyl (C=O) groups excluding carboxylic acids is 1. The van der Waals surface area contributed by atoms with Gasteiger partial charge in [-0.15, -0.1) is 0 Å². The lowest BCUT2D eigenvalue weighted by Crippen LogP contribution is -2.09. The molecule has 0 N–H and O–H groups in total. The van der Waals surface area contributed by atoms with Crippen molar-refractivity contribution in [2.75, 3.05) is 7.11 Å². The fourth-order valence-corrected chi connectivity index (χ4v) is 1.70. The lowest BCUT2D eigenvalue weighted by molar-refractivity contribution is 0.0983. The molecule has 2 rings (SSSR count). The Balaban J connectivity index is 2.24. The molecule has 0 saturated carbocycles. The van der Waals surface area contributed by atoms with Crippen LogP contribution in [0.3, 0.4) is 0 Å². The van der Waals surface area contributed by atoms with E-state index < -0.39 is 5.82 Å². The van der Waals surface area contributed by atoms with Crippen molar-refractivity contribution in [3.63, 3.8) is 0 Å². The van der Waals surface area contributed by atoms with Gasteiger partial charge in [0.2, 0.25) is 0 Å². The first kappa shape index (κ1) is 12.2. The topological polar surface area (TPSA) is 39.2 Å². The first-order chi connectivity index (χ1) is 8.72. The number of methoxy groups -OCH3 is 1. The van der Waals surface area contributed by atoms with Crippen LogP contribution in [0.5, 0.6) is 5.75 Å². The van der Waals surface area contributed by atoms with E-state index in [1.165, 1.54) is 25.4 Å². The van der Waals surface area contributed by atoms with Gasteiger partial charge >= 0.3 is 0 Å². The zero-order chi connectivity index (χ0) is 13.0. The molecule has 18 heavy (non-hydrogen) atoms. The first-order valence-corrected chi connectivity index (χ1v) is 5.48. The monoisotopic (exact) mass is 245 g/mol. The Labute approximate surface area is 104 Å². The number of benzene rings is 1. The molecule has 92 valence electrons. The van der Waals surface area contributed by atoms with E-state index in [0.29, 0.717) is 5.75 Å². The van der Waals surface area contributed by atoms with Gasteiger partial charge in [0.05, 0.1) is 7.11 Å². The van der Waals surface area contributed by atoms with Crippen LogP contribution < -0.4 is 4.74 Å². The molecule has 0 amide bonds. The molecule has 3 nitrogen and oxygen atoms in total.